The summed E-state index contributed by atoms with van der Waals surface area (Å²) < 4.78 is 6.24. The van der Waals surface area contributed by atoms with Gasteiger partial charge in [0, 0.05) is 27.7 Å². The predicted molar refractivity (Wildman–Crippen MR) is 110 cm³/mol. The van der Waals surface area contributed by atoms with Crippen LogP contribution in [-0.4, -0.2) is 17.1 Å². The highest BCUT2D eigenvalue weighted by atomic mass is 79.9. The van der Waals surface area contributed by atoms with Crippen LogP contribution >= 0.6 is 15.9 Å². The molecule has 0 unspecified atom stereocenters. The van der Waals surface area contributed by atoms with Crippen molar-refractivity contribution in [3.63, 3.8) is 0 Å². The molecule has 3 aromatic rings. The number of furan rings is 1. The minimum atomic E-state index is -0.470. The van der Waals surface area contributed by atoms with Crippen molar-refractivity contribution in [3.8, 4) is 0 Å². The molecule has 0 bridgehead atoms. The number of carbonyl (C=O) groups is 2. The summed E-state index contributed by atoms with van der Waals surface area (Å²) in [5.74, 6) is 0.468. The summed E-state index contributed by atoms with van der Waals surface area (Å²) in [6, 6.07) is 14.7. The van der Waals surface area contributed by atoms with Gasteiger partial charge in [0.25, 0.3) is 11.6 Å². The molecule has 7 nitrogen and oxygen atoms in total. The first-order valence-corrected chi connectivity index (χ1v) is 9.37. The van der Waals surface area contributed by atoms with Crippen molar-refractivity contribution >= 4 is 51.1 Å². The van der Waals surface area contributed by atoms with E-state index in [1.165, 1.54) is 12.1 Å². The number of nitrogens with zero attached hydrogens (tertiary/aromatic N) is 2. The van der Waals surface area contributed by atoms with Crippen LogP contribution in [0.5, 0.6) is 0 Å². The Kier molecular flexibility index (Phi) is 4.85. The van der Waals surface area contributed by atoms with E-state index in [1.54, 1.807) is 35.2 Å². The van der Waals surface area contributed by atoms with Crippen LogP contribution in [0.2, 0.25) is 0 Å². The molecule has 2 aromatic carbocycles. The van der Waals surface area contributed by atoms with E-state index in [1.807, 2.05) is 18.2 Å². The second-order valence-corrected chi connectivity index (χ2v) is 7.30. The van der Waals surface area contributed by atoms with Gasteiger partial charge in [0.05, 0.1) is 17.2 Å². The number of rotatable bonds is 5. The number of anilines is 1. The quantitative estimate of drug-likeness (QED) is 0.238. The smallest absolute Gasteiger partial charge is 0.269 e. The highest BCUT2D eigenvalue weighted by Gasteiger charge is 2.33. The molecule has 0 radical (unpaired) electrons. The van der Waals surface area contributed by atoms with Crippen LogP contribution in [0.1, 0.15) is 27.4 Å². The van der Waals surface area contributed by atoms with E-state index in [0.29, 0.717) is 23.2 Å². The number of halogens is 1. The maximum atomic E-state index is 13.2. The number of nitro benzene ring substituents is 1. The van der Waals surface area contributed by atoms with Gasteiger partial charge in [0.1, 0.15) is 5.76 Å². The van der Waals surface area contributed by atoms with Gasteiger partial charge in [-0.05, 0) is 54.1 Å². The predicted octanol–water partition coefficient (Wildman–Crippen LogP) is 4.85. The normalized spacial score (nSPS) is 14.3. The lowest BCUT2D eigenvalue weighted by Crippen LogP contribution is -2.25. The number of hydrogen-bond donors (Lipinski definition) is 0. The molecule has 0 saturated carbocycles. The Hall–Kier alpha value is -3.52. The van der Waals surface area contributed by atoms with Crippen LogP contribution in [0.25, 0.3) is 11.6 Å². The summed E-state index contributed by atoms with van der Waals surface area (Å²) in [4.78, 5) is 36.0. The van der Waals surface area contributed by atoms with E-state index >= 15 is 0 Å². The Morgan fingerprint density at radius 1 is 1.10 bits per heavy atom. The summed E-state index contributed by atoms with van der Waals surface area (Å²) >= 11 is 3.43. The molecule has 0 aliphatic carbocycles. The van der Waals surface area contributed by atoms with Crippen LogP contribution in [0.3, 0.4) is 0 Å². The van der Waals surface area contributed by atoms with Crippen LogP contribution in [0.4, 0.5) is 11.4 Å². The summed E-state index contributed by atoms with van der Waals surface area (Å²) in [5, 5.41) is 10.8. The lowest BCUT2D eigenvalue weighted by atomic mass is 10.0. The first kappa shape index (κ1) is 18.8. The minimum Gasteiger partial charge on any atom is -0.456 e. The van der Waals surface area contributed by atoms with Crippen molar-refractivity contribution in [1.82, 2.24) is 0 Å². The Bertz CT molecular complexity index is 1160. The average Bonchev–Trinajstić information content (AvgIpc) is 3.27. The highest BCUT2D eigenvalue weighted by molar-refractivity contribution is 9.10. The van der Waals surface area contributed by atoms with Gasteiger partial charge >= 0.3 is 0 Å². The fourth-order valence-corrected chi connectivity index (χ4v) is 3.54. The van der Waals surface area contributed by atoms with Gasteiger partial charge < -0.3 is 9.32 Å². The first-order valence-electron chi connectivity index (χ1n) is 8.58. The standard InChI is InChI=1S/C21H13BrN2O5/c22-14-3-8-20-18(10-14)19(9-13-1-4-15(5-2-13)24(27)28)21(26)23(20)11-16-6-7-17(12-25)29-16/h1-10,12H,11H2/b19-9-. The molecule has 0 atom stereocenters. The zero-order valence-electron chi connectivity index (χ0n) is 14.9. The molecule has 1 amide bonds. The molecule has 29 heavy (non-hydrogen) atoms. The molecule has 8 heteroatoms. The fourth-order valence-electron chi connectivity index (χ4n) is 3.18. The van der Waals surface area contributed by atoms with Crippen molar-refractivity contribution in [3.05, 3.63) is 91.8 Å². The van der Waals surface area contributed by atoms with Crippen LogP contribution < -0.4 is 4.90 Å². The monoisotopic (exact) mass is 452 g/mol. The largest absolute Gasteiger partial charge is 0.456 e. The molecular formula is C21H13BrN2O5. The number of fused-ring (bicyclic) bond motifs is 1. The van der Waals surface area contributed by atoms with Crippen molar-refractivity contribution in [2.45, 2.75) is 6.54 Å². The number of aldehydes is 1. The van der Waals surface area contributed by atoms with E-state index in [0.717, 1.165) is 15.7 Å². The Balaban J connectivity index is 1.73. The van der Waals surface area contributed by atoms with Gasteiger partial charge in [-0.2, -0.15) is 0 Å². The highest BCUT2D eigenvalue weighted by Crippen LogP contribution is 2.40. The van der Waals surface area contributed by atoms with Crippen LogP contribution in [0, 0.1) is 10.1 Å². The third-order valence-corrected chi connectivity index (χ3v) is 5.04. The van der Waals surface area contributed by atoms with E-state index in [4.69, 9.17) is 4.42 Å². The number of hydrogen-bond acceptors (Lipinski definition) is 5. The lowest BCUT2D eigenvalue weighted by molar-refractivity contribution is -0.384. The van der Waals surface area contributed by atoms with Gasteiger partial charge in [-0.1, -0.05) is 15.9 Å². The molecule has 2 heterocycles. The zero-order chi connectivity index (χ0) is 20.5. The van der Waals surface area contributed by atoms with Gasteiger partial charge in [0.2, 0.25) is 0 Å². The summed E-state index contributed by atoms with van der Waals surface area (Å²) in [7, 11) is 0. The molecule has 0 saturated heterocycles. The molecule has 1 aliphatic heterocycles. The number of nitro groups is 1. The third kappa shape index (κ3) is 3.62. The summed E-state index contributed by atoms with van der Waals surface area (Å²) in [6.45, 7) is 0.179. The first-order chi connectivity index (χ1) is 14.0. The number of non-ortho nitro benzene ring substituents is 1. The van der Waals surface area contributed by atoms with E-state index < -0.39 is 4.92 Å². The number of amides is 1. The summed E-state index contributed by atoms with van der Waals surface area (Å²) in [5.41, 5.74) is 2.59. The number of carbonyl (C=O) groups excluding carboxylic acids is 2. The van der Waals surface area contributed by atoms with Crippen molar-refractivity contribution in [2.24, 2.45) is 0 Å². The van der Waals surface area contributed by atoms with Crippen LogP contribution in [-0.2, 0) is 11.3 Å². The Morgan fingerprint density at radius 2 is 1.86 bits per heavy atom. The SMILES string of the molecule is O=Cc1ccc(CN2C(=O)/C(=C\c3ccc([N+](=O)[O-])cc3)c3cc(Br)ccc32)o1. The second-order valence-electron chi connectivity index (χ2n) is 6.38. The third-order valence-electron chi connectivity index (χ3n) is 4.54. The van der Waals surface area contributed by atoms with Gasteiger partial charge in [-0.15, -0.1) is 0 Å². The van der Waals surface area contributed by atoms with Crippen molar-refractivity contribution in [2.75, 3.05) is 4.90 Å². The van der Waals surface area contributed by atoms with E-state index in [-0.39, 0.29) is 23.9 Å². The molecular weight excluding hydrogens is 440 g/mol. The van der Waals surface area contributed by atoms with Crippen molar-refractivity contribution in [1.29, 1.82) is 0 Å². The van der Waals surface area contributed by atoms with Gasteiger partial charge in [-0.25, -0.2) is 0 Å². The van der Waals surface area contributed by atoms with Gasteiger partial charge in [-0.3, -0.25) is 19.7 Å². The Labute approximate surface area is 173 Å². The topological polar surface area (TPSA) is 93.7 Å². The maximum Gasteiger partial charge on any atom is 0.269 e. The molecule has 1 aliphatic rings. The van der Waals surface area contributed by atoms with Crippen LogP contribution in [0.15, 0.2) is 63.5 Å². The van der Waals surface area contributed by atoms with Gasteiger partial charge in [0.15, 0.2) is 12.0 Å². The molecule has 0 spiro atoms. The Morgan fingerprint density at radius 3 is 2.52 bits per heavy atom. The van der Waals surface area contributed by atoms with Crippen molar-refractivity contribution < 1.29 is 18.9 Å². The molecule has 1 aromatic heterocycles. The number of benzene rings is 2. The molecule has 0 N–H and O–H groups in total. The molecule has 144 valence electrons. The molecule has 4 rings (SSSR count). The summed E-state index contributed by atoms with van der Waals surface area (Å²) in [6.07, 6.45) is 2.32. The van der Waals surface area contributed by atoms with E-state index in [2.05, 4.69) is 15.9 Å². The lowest BCUT2D eigenvalue weighted by Gasteiger charge is -2.15. The second kappa shape index (κ2) is 7.48. The van der Waals surface area contributed by atoms with E-state index in [9.17, 15) is 19.7 Å². The maximum absolute atomic E-state index is 13.2. The average molecular weight is 453 g/mol. The minimum absolute atomic E-state index is 0.0153. The fraction of sp³-hybridized carbons (Fsp3) is 0.0476. The zero-order valence-corrected chi connectivity index (χ0v) is 16.5. The molecule has 0 fully saturated rings.